The van der Waals surface area contributed by atoms with Crippen LogP contribution in [0.2, 0.25) is 10.0 Å². The van der Waals surface area contributed by atoms with Gasteiger partial charge < -0.3 is 0 Å². The minimum Gasteiger partial charge on any atom is -0.254 e. The molecule has 1 aromatic carbocycles. The van der Waals surface area contributed by atoms with Crippen LogP contribution in [-0.2, 0) is 0 Å². The normalized spacial score (nSPS) is 10.6. The van der Waals surface area contributed by atoms with Crippen molar-refractivity contribution in [2.45, 2.75) is 0 Å². The summed E-state index contributed by atoms with van der Waals surface area (Å²) in [6, 6.07) is 2.49. The molecule has 0 saturated heterocycles. The van der Waals surface area contributed by atoms with Gasteiger partial charge in [0, 0.05) is 18.3 Å². The number of aromatic nitrogens is 1. The molecule has 0 N–H and O–H groups in total. The smallest absolute Gasteiger partial charge is 0.138 e. The van der Waals surface area contributed by atoms with Gasteiger partial charge in [0.15, 0.2) is 0 Å². The molecule has 0 spiro atoms. The van der Waals surface area contributed by atoms with Crippen LogP contribution < -0.4 is 0 Å². The highest BCUT2D eigenvalue weighted by molar-refractivity contribution is 6.43. The van der Waals surface area contributed by atoms with Crippen LogP contribution in [-0.4, -0.2) is 4.98 Å². The molecule has 0 unspecified atom stereocenters. The van der Waals surface area contributed by atoms with Crippen molar-refractivity contribution >= 4 is 23.2 Å². The van der Waals surface area contributed by atoms with Crippen molar-refractivity contribution in [2.75, 3.05) is 0 Å². The molecule has 0 saturated carbocycles. The fourth-order valence-corrected chi connectivity index (χ4v) is 1.72. The summed E-state index contributed by atoms with van der Waals surface area (Å²) < 4.78 is 39.7. The Kier molecular flexibility index (Phi) is 3.26. The van der Waals surface area contributed by atoms with Crippen molar-refractivity contribution in [3.05, 3.63) is 51.9 Å². The third kappa shape index (κ3) is 2.23. The summed E-state index contributed by atoms with van der Waals surface area (Å²) in [6.45, 7) is 0. The maximum atomic E-state index is 13.5. The van der Waals surface area contributed by atoms with Crippen molar-refractivity contribution < 1.29 is 13.2 Å². The molecular weight excluding hydrogens is 274 g/mol. The van der Waals surface area contributed by atoms with Crippen molar-refractivity contribution in [2.24, 2.45) is 0 Å². The number of rotatable bonds is 1. The van der Waals surface area contributed by atoms with E-state index in [1.807, 2.05) is 0 Å². The van der Waals surface area contributed by atoms with Crippen molar-refractivity contribution in [3.8, 4) is 11.3 Å². The Labute approximate surface area is 105 Å². The second-order valence-corrected chi connectivity index (χ2v) is 3.98. The molecule has 2 rings (SSSR count). The van der Waals surface area contributed by atoms with Gasteiger partial charge in [0.1, 0.15) is 17.5 Å². The van der Waals surface area contributed by atoms with Crippen LogP contribution in [0.3, 0.4) is 0 Å². The molecule has 0 radical (unpaired) electrons. The van der Waals surface area contributed by atoms with Crippen molar-refractivity contribution in [3.63, 3.8) is 0 Å². The van der Waals surface area contributed by atoms with Crippen LogP contribution in [0.15, 0.2) is 24.4 Å². The molecule has 0 amide bonds. The summed E-state index contributed by atoms with van der Waals surface area (Å²) in [4.78, 5) is 3.74. The average Bonchev–Trinajstić information content (AvgIpc) is 2.23. The summed E-state index contributed by atoms with van der Waals surface area (Å²) >= 11 is 11.5. The second-order valence-electron chi connectivity index (χ2n) is 3.20. The zero-order valence-corrected chi connectivity index (χ0v) is 9.66. The molecule has 0 bridgehead atoms. The lowest BCUT2D eigenvalue weighted by molar-refractivity contribution is 0.547. The maximum Gasteiger partial charge on any atom is 0.138 e. The van der Waals surface area contributed by atoms with Gasteiger partial charge in [0.05, 0.1) is 21.3 Å². The highest BCUT2D eigenvalue weighted by Gasteiger charge is 2.18. The minimum absolute atomic E-state index is 0.0847. The van der Waals surface area contributed by atoms with E-state index < -0.39 is 23.0 Å². The van der Waals surface area contributed by atoms with Gasteiger partial charge in [-0.05, 0) is 6.07 Å². The third-order valence-electron chi connectivity index (χ3n) is 2.09. The predicted octanol–water partition coefficient (Wildman–Crippen LogP) is 4.47. The fourth-order valence-electron chi connectivity index (χ4n) is 1.36. The van der Waals surface area contributed by atoms with Gasteiger partial charge in [-0.1, -0.05) is 23.2 Å². The topological polar surface area (TPSA) is 12.9 Å². The van der Waals surface area contributed by atoms with E-state index in [0.717, 1.165) is 0 Å². The highest BCUT2D eigenvalue weighted by atomic mass is 35.5. The lowest BCUT2D eigenvalue weighted by Gasteiger charge is -2.07. The molecule has 1 heterocycles. The molecule has 2 aromatic rings. The van der Waals surface area contributed by atoms with Crippen LogP contribution >= 0.6 is 23.2 Å². The number of nitrogens with zero attached hydrogens (tertiary/aromatic N) is 1. The van der Waals surface area contributed by atoms with Crippen LogP contribution in [0.5, 0.6) is 0 Å². The summed E-state index contributed by atoms with van der Waals surface area (Å²) in [5.74, 6) is -3.18. The number of hydrogen-bond acceptors (Lipinski definition) is 1. The van der Waals surface area contributed by atoms with E-state index in [-0.39, 0.29) is 15.7 Å². The molecule has 88 valence electrons. The quantitative estimate of drug-likeness (QED) is 0.749. The Balaban J connectivity index is 2.73. The monoisotopic (exact) mass is 277 g/mol. The maximum absolute atomic E-state index is 13.5. The van der Waals surface area contributed by atoms with E-state index in [0.29, 0.717) is 12.1 Å². The molecule has 0 aliphatic carbocycles. The van der Waals surface area contributed by atoms with Gasteiger partial charge in [-0.2, -0.15) is 0 Å². The predicted molar refractivity (Wildman–Crippen MR) is 59.6 cm³/mol. The lowest BCUT2D eigenvalue weighted by atomic mass is 10.1. The molecule has 0 aliphatic heterocycles. The molecule has 1 aromatic heterocycles. The summed E-state index contributed by atoms with van der Waals surface area (Å²) in [6.07, 6.45) is 1.26. The first-order valence-electron chi connectivity index (χ1n) is 4.45. The Hall–Kier alpha value is -1.26. The van der Waals surface area contributed by atoms with Crippen molar-refractivity contribution in [1.29, 1.82) is 0 Å². The van der Waals surface area contributed by atoms with E-state index in [1.54, 1.807) is 0 Å². The summed E-state index contributed by atoms with van der Waals surface area (Å²) in [7, 11) is 0. The number of halogens is 5. The third-order valence-corrected chi connectivity index (χ3v) is 2.88. The standard InChI is InChI=1S/C11H4Cl2F3N/c12-6-1-2-17-11(10(6)13)9-7(15)3-5(14)4-8(9)16/h1-4H. The van der Waals surface area contributed by atoms with E-state index in [2.05, 4.69) is 4.98 Å². The lowest BCUT2D eigenvalue weighted by Crippen LogP contribution is -1.95. The second kappa shape index (κ2) is 4.55. The van der Waals surface area contributed by atoms with Gasteiger partial charge in [-0.15, -0.1) is 0 Å². The minimum atomic E-state index is -1.08. The SMILES string of the molecule is Fc1cc(F)c(-c2nccc(Cl)c2Cl)c(F)c1. The number of pyridine rings is 1. The van der Waals surface area contributed by atoms with Crippen molar-refractivity contribution in [1.82, 2.24) is 4.98 Å². The fraction of sp³-hybridized carbons (Fsp3) is 0. The van der Waals surface area contributed by atoms with E-state index in [1.165, 1.54) is 12.3 Å². The van der Waals surface area contributed by atoms with Gasteiger partial charge in [-0.25, -0.2) is 13.2 Å². The molecule has 0 atom stereocenters. The van der Waals surface area contributed by atoms with Crippen LogP contribution in [0, 0.1) is 17.5 Å². The molecular formula is C11H4Cl2F3N. The Bertz CT molecular complexity index is 564. The molecule has 0 aliphatic rings. The van der Waals surface area contributed by atoms with Gasteiger partial charge in [-0.3, -0.25) is 4.98 Å². The van der Waals surface area contributed by atoms with E-state index in [9.17, 15) is 13.2 Å². The summed E-state index contributed by atoms with van der Waals surface area (Å²) in [5, 5.41) is 0.0263. The summed E-state index contributed by atoms with van der Waals surface area (Å²) in [5.41, 5.74) is -0.659. The van der Waals surface area contributed by atoms with Gasteiger partial charge in [0.2, 0.25) is 0 Å². The Morgan fingerprint density at radius 1 is 1.00 bits per heavy atom. The molecule has 0 fully saturated rings. The van der Waals surface area contributed by atoms with E-state index >= 15 is 0 Å². The Morgan fingerprint density at radius 3 is 2.18 bits per heavy atom. The molecule has 6 heteroatoms. The van der Waals surface area contributed by atoms with E-state index in [4.69, 9.17) is 23.2 Å². The number of hydrogen-bond donors (Lipinski definition) is 0. The zero-order valence-electron chi connectivity index (χ0n) is 8.15. The molecule has 1 nitrogen and oxygen atoms in total. The van der Waals surface area contributed by atoms with Crippen LogP contribution in [0.4, 0.5) is 13.2 Å². The van der Waals surface area contributed by atoms with Gasteiger partial charge >= 0.3 is 0 Å². The van der Waals surface area contributed by atoms with Crippen LogP contribution in [0.25, 0.3) is 11.3 Å². The first-order chi connectivity index (χ1) is 8.00. The molecule has 17 heavy (non-hydrogen) atoms. The first kappa shape index (κ1) is 12.2. The highest BCUT2D eigenvalue weighted by Crippen LogP contribution is 2.34. The van der Waals surface area contributed by atoms with Crippen LogP contribution in [0.1, 0.15) is 0 Å². The largest absolute Gasteiger partial charge is 0.254 e. The Morgan fingerprint density at radius 2 is 1.59 bits per heavy atom. The van der Waals surface area contributed by atoms with Gasteiger partial charge in [0.25, 0.3) is 0 Å². The average molecular weight is 278 g/mol. The number of benzene rings is 1. The zero-order chi connectivity index (χ0) is 12.6. The first-order valence-corrected chi connectivity index (χ1v) is 5.21.